The lowest BCUT2D eigenvalue weighted by Gasteiger charge is -2.34. The molecule has 1 saturated heterocycles. The molecule has 1 heterocycles. The molecule has 5 nitrogen and oxygen atoms in total. The third kappa shape index (κ3) is 3.29. The number of benzene rings is 1. The first kappa shape index (κ1) is 13.5. The zero-order valence-corrected chi connectivity index (χ0v) is 10.7. The van der Waals surface area contributed by atoms with Crippen LogP contribution in [0.25, 0.3) is 0 Å². The van der Waals surface area contributed by atoms with Crippen LogP contribution < -0.4 is 5.43 Å². The Bertz CT molecular complexity index is 485. The summed E-state index contributed by atoms with van der Waals surface area (Å²) in [6.45, 7) is 3.73. The van der Waals surface area contributed by atoms with Crippen molar-refractivity contribution in [2.45, 2.75) is 6.92 Å². The Morgan fingerprint density at radius 3 is 2.37 bits per heavy atom. The normalized spacial score (nSPS) is 16.2. The van der Waals surface area contributed by atoms with Crippen LogP contribution in [-0.4, -0.2) is 47.9 Å². The molecule has 1 aromatic carbocycles. The van der Waals surface area contributed by atoms with E-state index in [4.69, 9.17) is 0 Å². The summed E-state index contributed by atoms with van der Waals surface area (Å²) in [5.41, 5.74) is 2.68. The third-order valence-electron chi connectivity index (χ3n) is 3.10. The highest BCUT2D eigenvalue weighted by atomic mass is 19.1. The highest BCUT2D eigenvalue weighted by Gasteiger charge is 2.21. The molecule has 0 radical (unpaired) electrons. The molecule has 1 aromatic rings. The first-order chi connectivity index (χ1) is 9.08. The first-order valence-corrected chi connectivity index (χ1v) is 6.14. The molecule has 0 unspecified atom stereocenters. The van der Waals surface area contributed by atoms with Crippen molar-refractivity contribution in [2.24, 2.45) is 0 Å². The van der Waals surface area contributed by atoms with Gasteiger partial charge in [-0.3, -0.25) is 15.0 Å². The predicted octanol–water partition coefficient (Wildman–Crippen LogP) is 0.635. The highest BCUT2D eigenvalue weighted by molar-refractivity contribution is 5.94. The molecule has 1 N–H and O–H groups in total. The number of halogens is 1. The van der Waals surface area contributed by atoms with Crippen LogP contribution in [0.4, 0.5) is 4.39 Å². The molecule has 1 aliphatic heterocycles. The van der Waals surface area contributed by atoms with Gasteiger partial charge in [-0.25, -0.2) is 9.40 Å². The van der Waals surface area contributed by atoms with Crippen molar-refractivity contribution in [1.82, 2.24) is 15.3 Å². The van der Waals surface area contributed by atoms with E-state index in [0.29, 0.717) is 26.2 Å². The number of hydrazine groups is 1. The van der Waals surface area contributed by atoms with Crippen LogP contribution in [0.1, 0.15) is 17.3 Å². The molecule has 1 fully saturated rings. The topological polar surface area (TPSA) is 52.7 Å². The molecule has 6 heteroatoms. The summed E-state index contributed by atoms with van der Waals surface area (Å²) >= 11 is 0. The third-order valence-corrected chi connectivity index (χ3v) is 3.10. The van der Waals surface area contributed by atoms with E-state index in [-0.39, 0.29) is 11.5 Å². The quantitative estimate of drug-likeness (QED) is 0.853. The van der Waals surface area contributed by atoms with E-state index in [2.05, 4.69) is 5.43 Å². The number of rotatable bonds is 2. The summed E-state index contributed by atoms with van der Waals surface area (Å²) in [4.78, 5) is 24.8. The smallest absolute Gasteiger partial charge is 0.268 e. The summed E-state index contributed by atoms with van der Waals surface area (Å²) in [5.74, 6) is -0.975. The van der Waals surface area contributed by atoms with Crippen molar-refractivity contribution < 1.29 is 14.0 Å². The number of nitrogens with zero attached hydrogens (tertiary/aromatic N) is 2. The maximum Gasteiger partial charge on any atom is 0.268 e. The predicted molar refractivity (Wildman–Crippen MR) is 67.7 cm³/mol. The number of amides is 2. The molecule has 0 bridgehead atoms. The standard InChI is InChI=1S/C13H16FN3O2/c1-10(18)16-6-8-17(9-7-16)15-13(19)11-4-2-3-5-12(11)14/h2-5H,6-9H2,1H3,(H,15,19). The number of nitrogens with one attached hydrogen (secondary N) is 1. The zero-order valence-electron chi connectivity index (χ0n) is 10.7. The monoisotopic (exact) mass is 265 g/mol. The fourth-order valence-corrected chi connectivity index (χ4v) is 1.98. The lowest BCUT2D eigenvalue weighted by molar-refractivity contribution is -0.130. The molecule has 2 rings (SSSR count). The Labute approximate surface area is 111 Å². The molecule has 0 spiro atoms. The zero-order chi connectivity index (χ0) is 13.8. The number of carbonyl (C=O) groups excluding carboxylic acids is 2. The van der Waals surface area contributed by atoms with E-state index >= 15 is 0 Å². The largest absolute Gasteiger partial charge is 0.340 e. The van der Waals surface area contributed by atoms with Gasteiger partial charge < -0.3 is 4.90 Å². The Balaban J connectivity index is 1.91. The van der Waals surface area contributed by atoms with Crippen LogP contribution in [0, 0.1) is 5.82 Å². The first-order valence-electron chi connectivity index (χ1n) is 6.14. The van der Waals surface area contributed by atoms with Gasteiger partial charge in [-0.1, -0.05) is 12.1 Å². The van der Waals surface area contributed by atoms with Crippen molar-refractivity contribution in [1.29, 1.82) is 0 Å². The van der Waals surface area contributed by atoms with Gasteiger partial charge in [0.1, 0.15) is 5.82 Å². The SMILES string of the molecule is CC(=O)N1CCN(NC(=O)c2ccccc2F)CC1. The lowest BCUT2D eigenvalue weighted by atomic mass is 10.2. The maximum atomic E-state index is 13.4. The summed E-state index contributed by atoms with van der Waals surface area (Å²) in [6, 6.07) is 5.85. The average molecular weight is 265 g/mol. The maximum absolute atomic E-state index is 13.4. The van der Waals surface area contributed by atoms with Crippen LogP contribution in [0.2, 0.25) is 0 Å². The van der Waals surface area contributed by atoms with Gasteiger partial charge in [-0.15, -0.1) is 0 Å². The minimum absolute atomic E-state index is 0.0245. The van der Waals surface area contributed by atoms with Crippen LogP contribution >= 0.6 is 0 Å². The van der Waals surface area contributed by atoms with Crippen molar-refractivity contribution >= 4 is 11.8 Å². The second-order valence-corrected chi connectivity index (χ2v) is 4.41. The lowest BCUT2D eigenvalue weighted by Crippen LogP contribution is -2.54. The minimum atomic E-state index is -0.539. The second kappa shape index (κ2) is 5.79. The van der Waals surface area contributed by atoms with Crippen molar-refractivity contribution in [3.8, 4) is 0 Å². The van der Waals surface area contributed by atoms with Gasteiger partial charge in [0.2, 0.25) is 5.91 Å². The van der Waals surface area contributed by atoms with Crippen LogP contribution in [-0.2, 0) is 4.79 Å². The van der Waals surface area contributed by atoms with Crippen LogP contribution in [0.15, 0.2) is 24.3 Å². The highest BCUT2D eigenvalue weighted by Crippen LogP contribution is 2.07. The Morgan fingerprint density at radius 1 is 1.16 bits per heavy atom. The van der Waals surface area contributed by atoms with E-state index in [1.807, 2.05) is 0 Å². The number of piperazine rings is 1. The van der Waals surface area contributed by atoms with Gasteiger partial charge in [0.05, 0.1) is 5.56 Å². The van der Waals surface area contributed by atoms with Crippen molar-refractivity contribution in [3.63, 3.8) is 0 Å². The van der Waals surface area contributed by atoms with Gasteiger partial charge in [-0.05, 0) is 12.1 Å². The second-order valence-electron chi connectivity index (χ2n) is 4.41. The summed E-state index contributed by atoms with van der Waals surface area (Å²) in [7, 11) is 0. The fraction of sp³-hybridized carbons (Fsp3) is 0.385. The van der Waals surface area contributed by atoms with E-state index < -0.39 is 11.7 Å². The van der Waals surface area contributed by atoms with E-state index in [1.165, 1.54) is 25.1 Å². The van der Waals surface area contributed by atoms with Crippen LogP contribution in [0.5, 0.6) is 0 Å². The molecule has 0 saturated carbocycles. The molecule has 0 aliphatic carbocycles. The van der Waals surface area contributed by atoms with Gasteiger partial charge in [-0.2, -0.15) is 0 Å². The molecular formula is C13H16FN3O2. The van der Waals surface area contributed by atoms with Gasteiger partial charge in [0.25, 0.3) is 5.91 Å². The molecule has 2 amide bonds. The summed E-state index contributed by atoms with van der Waals surface area (Å²) < 4.78 is 13.4. The fourth-order valence-electron chi connectivity index (χ4n) is 1.98. The van der Waals surface area contributed by atoms with E-state index in [9.17, 15) is 14.0 Å². The Morgan fingerprint density at radius 2 is 1.79 bits per heavy atom. The number of hydrogen-bond donors (Lipinski definition) is 1. The van der Waals surface area contributed by atoms with Gasteiger partial charge >= 0.3 is 0 Å². The molecule has 0 atom stereocenters. The molecule has 0 aromatic heterocycles. The Kier molecular flexibility index (Phi) is 4.11. The average Bonchev–Trinajstić information content (AvgIpc) is 2.39. The number of carbonyl (C=O) groups is 2. The summed E-state index contributed by atoms with van der Waals surface area (Å²) in [6.07, 6.45) is 0. The molecule has 19 heavy (non-hydrogen) atoms. The van der Waals surface area contributed by atoms with Gasteiger partial charge in [0, 0.05) is 33.1 Å². The van der Waals surface area contributed by atoms with E-state index in [1.54, 1.807) is 16.0 Å². The minimum Gasteiger partial charge on any atom is -0.340 e. The van der Waals surface area contributed by atoms with Crippen LogP contribution in [0.3, 0.4) is 0 Å². The molecule has 102 valence electrons. The molecule has 1 aliphatic rings. The molecular weight excluding hydrogens is 249 g/mol. The summed E-state index contributed by atoms with van der Waals surface area (Å²) in [5, 5.41) is 1.70. The number of hydrogen-bond acceptors (Lipinski definition) is 3. The van der Waals surface area contributed by atoms with Gasteiger partial charge in [0.15, 0.2) is 0 Å². The van der Waals surface area contributed by atoms with Crippen molar-refractivity contribution in [3.05, 3.63) is 35.6 Å². The van der Waals surface area contributed by atoms with E-state index in [0.717, 1.165) is 0 Å². The Hall–Kier alpha value is -1.95. The van der Waals surface area contributed by atoms with Crippen molar-refractivity contribution in [2.75, 3.05) is 26.2 Å².